The molecule has 1 aromatic carbocycles. The predicted molar refractivity (Wildman–Crippen MR) is 93.3 cm³/mol. The fraction of sp³-hybridized carbons (Fsp3) is 0.368. The van der Waals surface area contributed by atoms with E-state index in [-0.39, 0.29) is 18.9 Å². The Morgan fingerprint density at radius 1 is 1.17 bits per heavy atom. The van der Waals surface area contributed by atoms with Crippen molar-refractivity contribution in [3.8, 4) is 0 Å². The fourth-order valence-corrected chi connectivity index (χ4v) is 2.83. The van der Waals surface area contributed by atoms with Gasteiger partial charge in [0.05, 0.1) is 12.0 Å². The van der Waals surface area contributed by atoms with E-state index in [0.717, 1.165) is 11.4 Å². The van der Waals surface area contributed by atoms with Crippen LogP contribution in [0.25, 0.3) is 0 Å². The summed E-state index contributed by atoms with van der Waals surface area (Å²) in [4.78, 5) is 25.1. The SMILES string of the molecule is CCN(CCC(=O)O)C(=O)c1cc(C)n(Cc2ccccc2)c1C. The second kappa shape index (κ2) is 7.81. The molecule has 0 bridgehead atoms. The van der Waals surface area contributed by atoms with Crippen molar-refractivity contribution in [1.82, 2.24) is 9.47 Å². The average Bonchev–Trinajstić information content (AvgIpc) is 2.84. The Morgan fingerprint density at radius 3 is 2.42 bits per heavy atom. The van der Waals surface area contributed by atoms with Crippen LogP contribution in [0.2, 0.25) is 0 Å². The van der Waals surface area contributed by atoms with E-state index >= 15 is 0 Å². The monoisotopic (exact) mass is 328 g/mol. The zero-order valence-electron chi connectivity index (χ0n) is 14.5. The van der Waals surface area contributed by atoms with Crippen LogP contribution in [-0.2, 0) is 11.3 Å². The minimum atomic E-state index is -0.893. The molecule has 0 saturated carbocycles. The number of aromatic nitrogens is 1. The first-order chi connectivity index (χ1) is 11.4. The average molecular weight is 328 g/mol. The van der Waals surface area contributed by atoms with Crippen LogP contribution in [-0.4, -0.2) is 39.5 Å². The van der Waals surface area contributed by atoms with Crippen LogP contribution in [0.15, 0.2) is 36.4 Å². The number of amides is 1. The first-order valence-corrected chi connectivity index (χ1v) is 8.15. The Hall–Kier alpha value is -2.56. The number of carbonyl (C=O) groups excluding carboxylic acids is 1. The molecule has 5 heteroatoms. The number of nitrogens with zero attached hydrogens (tertiary/aromatic N) is 2. The van der Waals surface area contributed by atoms with E-state index in [1.54, 1.807) is 4.90 Å². The number of aryl methyl sites for hydroxylation is 1. The molecule has 0 atom stereocenters. The highest BCUT2D eigenvalue weighted by Gasteiger charge is 2.21. The van der Waals surface area contributed by atoms with Crippen LogP contribution in [0.1, 0.15) is 40.7 Å². The van der Waals surface area contributed by atoms with Gasteiger partial charge in [-0.05, 0) is 32.4 Å². The number of carboxylic acid groups (broad SMARTS) is 1. The lowest BCUT2D eigenvalue weighted by molar-refractivity contribution is -0.137. The number of hydrogen-bond donors (Lipinski definition) is 1. The first kappa shape index (κ1) is 17.8. The molecule has 0 fully saturated rings. The van der Waals surface area contributed by atoms with Gasteiger partial charge >= 0.3 is 5.97 Å². The summed E-state index contributed by atoms with van der Waals surface area (Å²) in [6, 6.07) is 12.0. The largest absolute Gasteiger partial charge is 0.481 e. The highest BCUT2D eigenvalue weighted by Crippen LogP contribution is 2.19. The summed E-state index contributed by atoms with van der Waals surface area (Å²) in [6.07, 6.45) is -0.0394. The topological polar surface area (TPSA) is 62.5 Å². The van der Waals surface area contributed by atoms with Crippen molar-refractivity contribution in [2.45, 2.75) is 33.7 Å². The Kier molecular flexibility index (Phi) is 5.79. The van der Waals surface area contributed by atoms with Crippen molar-refractivity contribution >= 4 is 11.9 Å². The molecule has 1 heterocycles. The number of aliphatic carboxylic acids is 1. The molecule has 0 unspecified atom stereocenters. The van der Waals surface area contributed by atoms with Crippen molar-refractivity contribution in [2.24, 2.45) is 0 Å². The van der Waals surface area contributed by atoms with Gasteiger partial charge in [0.2, 0.25) is 0 Å². The highest BCUT2D eigenvalue weighted by atomic mass is 16.4. The van der Waals surface area contributed by atoms with Gasteiger partial charge in [0.15, 0.2) is 0 Å². The first-order valence-electron chi connectivity index (χ1n) is 8.15. The Bertz CT molecular complexity index is 720. The summed E-state index contributed by atoms with van der Waals surface area (Å²) >= 11 is 0. The number of carbonyl (C=O) groups is 2. The maximum absolute atomic E-state index is 12.7. The molecule has 0 aliphatic rings. The van der Waals surface area contributed by atoms with E-state index in [2.05, 4.69) is 16.7 Å². The van der Waals surface area contributed by atoms with Gasteiger partial charge in [-0.2, -0.15) is 0 Å². The van der Waals surface area contributed by atoms with Crippen LogP contribution < -0.4 is 0 Å². The Morgan fingerprint density at radius 2 is 1.83 bits per heavy atom. The van der Waals surface area contributed by atoms with Crippen molar-refractivity contribution in [3.05, 3.63) is 58.9 Å². The normalized spacial score (nSPS) is 10.6. The second-order valence-electron chi connectivity index (χ2n) is 5.89. The van der Waals surface area contributed by atoms with Gasteiger partial charge in [-0.3, -0.25) is 9.59 Å². The number of rotatable bonds is 7. The lowest BCUT2D eigenvalue weighted by Gasteiger charge is -2.20. The standard InChI is InChI=1S/C19H24N2O3/c1-4-20(11-10-18(22)23)19(24)17-12-14(2)21(15(17)3)13-16-8-6-5-7-9-16/h5-9,12H,4,10-11,13H2,1-3H3,(H,22,23). The van der Waals surface area contributed by atoms with E-state index in [4.69, 9.17) is 5.11 Å². The van der Waals surface area contributed by atoms with Crippen LogP contribution in [0.3, 0.4) is 0 Å². The zero-order chi connectivity index (χ0) is 17.7. The molecular formula is C19H24N2O3. The van der Waals surface area contributed by atoms with Crippen molar-refractivity contribution in [1.29, 1.82) is 0 Å². The van der Waals surface area contributed by atoms with Crippen LogP contribution in [0, 0.1) is 13.8 Å². The minimum Gasteiger partial charge on any atom is -0.481 e. The molecule has 1 N–H and O–H groups in total. The van der Waals surface area contributed by atoms with Gasteiger partial charge < -0.3 is 14.6 Å². The molecule has 0 saturated heterocycles. The quantitative estimate of drug-likeness (QED) is 0.849. The molecule has 2 aromatic rings. The third-order valence-electron chi connectivity index (χ3n) is 4.25. The molecule has 5 nitrogen and oxygen atoms in total. The Balaban J connectivity index is 2.23. The molecule has 0 aliphatic heterocycles. The lowest BCUT2D eigenvalue weighted by atomic mass is 10.2. The van der Waals surface area contributed by atoms with Crippen LogP contribution in [0.5, 0.6) is 0 Å². The van der Waals surface area contributed by atoms with Gasteiger partial charge in [-0.25, -0.2) is 0 Å². The zero-order valence-corrected chi connectivity index (χ0v) is 14.5. The van der Waals surface area contributed by atoms with Crippen molar-refractivity contribution < 1.29 is 14.7 Å². The molecule has 0 spiro atoms. The summed E-state index contributed by atoms with van der Waals surface area (Å²) in [5, 5.41) is 8.84. The summed E-state index contributed by atoms with van der Waals surface area (Å²) < 4.78 is 2.12. The molecule has 0 radical (unpaired) electrons. The van der Waals surface area contributed by atoms with Gasteiger partial charge in [-0.15, -0.1) is 0 Å². The predicted octanol–water partition coefficient (Wildman–Crippen LogP) is 3.09. The summed E-state index contributed by atoms with van der Waals surface area (Å²) in [7, 11) is 0. The van der Waals surface area contributed by atoms with Gasteiger partial charge in [-0.1, -0.05) is 30.3 Å². The van der Waals surface area contributed by atoms with Gasteiger partial charge in [0.1, 0.15) is 0 Å². The van der Waals surface area contributed by atoms with E-state index < -0.39 is 5.97 Å². The maximum Gasteiger partial charge on any atom is 0.305 e. The van der Waals surface area contributed by atoms with E-state index in [1.807, 2.05) is 45.0 Å². The number of hydrogen-bond acceptors (Lipinski definition) is 2. The Labute approximate surface area is 142 Å². The summed E-state index contributed by atoms with van der Waals surface area (Å²) in [6.45, 7) is 7.23. The van der Waals surface area contributed by atoms with Gasteiger partial charge in [0.25, 0.3) is 5.91 Å². The maximum atomic E-state index is 12.7. The van der Waals surface area contributed by atoms with Crippen LogP contribution in [0.4, 0.5) is 0 Å². The van der Waals surface area contributed by atoms with Gasteiger partial charge in [0, 0.05) is 31.0 Å². The second-order valence-corrected chi connectivity index (χ2v) is 5.89. The minimum absolute atomic E-state index is 0.0394. The molecule has 2 rings (SSSR count). The number of carboxylic acids is 1. The number of benzene rings is 1. The third kappa shape index (κ3) is 4.04. The summed E-state index contributed by atoms with van der Waals surface area (Å²) in [5.41, 5.74) is 3.76. The van der Waals surface area contributed by atoms with Crippen LogP contribution >= 0.6 is 0 Å². The van der Waals surface area contributed by atoms with E-state index in [9.17, 15) is 9.59 Å². The molecule has 128 valence electrons. The third-order valence-corrected chi connectivity index (χ3v) is 4.25. The molecule has 0 aliphatic carbocycles. The highest BCUT2D eigenvalue weighted by molar-refractivity contribution is 5.96. The molecular weight excluding hydrogens is 304 g/mol. The molecule has 1 aromatic heterocycles. The molecule has 1 amide bonds. The van der Waals surface area contributed by atoms with E-state index in [0.29, 0.717) is 18.7 Å². The molecule has 24 heavy (non-hydrogen) atoms. The van der Waals surface area contributed by atoms with E-state index in [1.165, 1.54) is 5.56 Å². The summed E-state index contributed by atoms with van der Waals surface area (Å²) in [5.74, 6) is -0.998. The smallest absolute Gasteiger partial charge is 0.305 e. The van der Waals surface area contributed by atoms with Crippen molar-refractivity contribution in [3.63, 3.8) is 0 Å². The van der Waals surface area contributed by atoms with Crippen molar-refractivity contribution in [2.75, 3.05) is 13.1 Å². The lowest BCUT2D eigenvalue weighted by Crippen LogP contribution is -2.33. The fourth-order valence-electron chi connectivity index (χ4n) is 2.83.